The first-order valence-corrected chi connectivity index (χ1v) is 7.25. The molecule has 0 spiro atoms. The van der Waals surface area contributed by atoms with Crippen molar-refractivity contribution in [1.82, 2.24) is 0 Å². The van der Waals surface area contributed by atoms with Gasteiger partial charge >= 0.3 is 0 Å². The maximum atomic E-state index is 2.30. The van der Waals surface area contributed by atoms with E-state index in [-0.39, 0.29) is 0 Å². The quantitative estimate of drug-likeness (QED) is 0.527. The highest BCUT2D eigenvalue weighted by Gasteiger charge is 2.15. The van der Waals surface area contributed by atoms with Gasteiger partial charge in [-0.2, -0.15) is 0 Å². The summed E-state index contributed by atoms with van der Waals surface area (Å²) in [5, 5.41) is 2.81. The Kier molecular flexibility index (Phi) is 2.67. The zero-order valence-corrected chi connectivity index (χ0v) is 12.0. The molecule has 18 heavy (non-hydrogen) atoms. The van der Waals surface area contributed by atoms with Crippen molar-refractivity contribution in [2.45, 2.75) is 27.2 Å². The molecule has 0 radical (unpaired) electrons. The molecule has 0 N–H and O–H groups in total. The average molecular weight is 254 g/mol. The fourth-order valence-electron chi connectivity index (χ4n) is 2.52. The molecule has 0 atom stereocenters. The van der Waals surface area contributed by atoms with E-state index in [0.29, 0.717) is 5.41 Å². The Morgan fingerprint density at radius 1 is 0.889 bits per heavy atom. The van der Waals surface area contributed by atoms with Crippen LogP contribution in [0.2, 0.25) is 0 Å². The van der Waals surface area contributed by atoms with Gasteiger partial charge in [0.1, 0.15) is 0 Å². The number of hydrogen-bond donors (Lipinski definition) is 0. The first kappa shape index (κ1) is 11.7. The molecule has 1 heterocycles. The predicted octanol–water partition coefficient (Wildman–Crippen LogP) is 5.64. The average Bonchev–Trinajstić information content (AvgIpc) is 2.67. The largest absolute Gasteiger partial charge is 0.135 e. The Morgan fingerprint density at radius 2 is 1.61 bits per heavy atom. The van der Waals surface area contributed by atoms with Crippen molar-refractivity contribution < 1.29 is 0 Å². The Hall–Kier alpha value is -1.34. The van der Waals surface area contributed by atoms with Crippen molar-refractivity contribution in [3.05, 3.63) is 48.0 Å². The van der Waals surface area contributed by atoms with E-state index in [4.69, 9.17) is 0 Å². The summed E-state index contributed by atoms with van der Waals surface area (Å²) in [6.45, 7) is 6.91. The number of hydrogen-bond acceptors (Lipinski definition) is 1. The van der Waals surface area contributed by atoms with Crippen LogP contribution in [0.1, 0.15) is 26.3 Å². The third kappa shape index (κ3) is 2.04. The lowest BCUT2D eigenvalue weighted by Crippen LogP contribution is -2.08. The second-order valence-electron chi connectivity index (χ2n) is 6.13. The fourth-order valence-corrected chi connectivity index (χ4v) is 3.73. The molecule has 3 aromatic rings. The smallest absolute Gasteiger partial charge is 0.0387 e. The van der Waals surface area contributed by atoms with Crippen molar-refractivity contribution in [3.8, 4) is 0 Å². The third-order valence-electron chi connectivity index (χ3n) is 3.21. The number of fused-ring (bicyclic) bond motifs is 3. The Morgan fingerprint density at radius 3 is 2.39 bits per heavy atom. The van der Waals surface area contributed by atoms with E-state index in [0.717, 1.165) is 6.42 Å². The van der Waals surface area contributed by atoms with E-state index in [1.165, 1.54) is 25.7 Å². The van der Waals surface area contributed by atoms with Crippen LogP contribution in [0.3, 0.4) is 0 Å². The van der Waals surface area contributed by atoms with Crippen LogP contribution in [-0.4, -0.2) is 0 Å². The molecule has 0 amide bonds. The number of benzene rings is 2. The fraction of sp³-hybridized carbons (Fsp3) is 0.294. The van der Waals surface area contributed by atoms with Gasteiger partial charge in [-0.3, -0.25) is 0 Å². The van der Waals surface area contributed by atoms with E-state index in [2.05, 4.69) is 63.2 Å². The van der Waals surface area contributed by atoms with Gasteiger partial charge in [0.25, 0.3) is 0 Å². The van der Waals surface area contributed by atoms with Crippen molar-refractivity contribution in [1.29, 1.82) is 0 Å². The van der Waals surface area contributed by atoms with Gasteiger partial charge in [-0.1, -0.05) is 57.2 Å². The molecule has 0 nitrogen and oxygen atoms in total. The molecule has 0 saturated carbocycles. The Balaban J connectivity index is 2.28. The molecule has 0 aliphatic rings. The van der Waals surface area contributed by atoms with Gasteiger partial charge < -0.3 is 0 Å². The van der Waals surface area contributed by atoms with Crippen LogP contribution >= 0.6 is 11.3 Å². The summed E-state index contributed by atoms with van der Waals surface area (Å²) >= 11 is 1.93. The highest BCUT2D eigenvalue weighted by Crippen LogP contribution is 2.37. The van der Waals surface area contributed by atoms with E-state index in [9.17, 15) is 0 Å². The molecule has 0 unspecified atom stereocenters. The van der Waals surface area contributed by atoms with Gasteiger partial charge in [-0.25, -0.2) is 0 Å². The van der Waals surface area contributed by atoms with Crippen molar-refractivity contribution in [2.75, 3.05) is 0 Å². The summed E-state index contributed by atoms with van der Waals surface area (Å²) in [6, 6.07) is 15.4. The first-order valence-electron chi connectivity index (χ1n) is 6.44. The van der Waals surface area contributed by atoms with Crippen LogP contribution in [0.15, 0.2) is 42.5 Å². The molecule has 92 valence electrons. The third-order valence-corrected chi connectivity index (χ3v) is 4.47. The molecule has 0 aliphatic heterocycles. The van der Waals surface area contributed by atoms with Crippen LogP contribution in [0.4, 0.5) is 0 Å². The summed E-state index contributed by atoms with van der Waals surface area (Å²) in [5.74, 6) is 0. The van der Waals surface area contributed by atoms with Gasteiger partial charge in [0.15, 0.2) is 0 Å². The van der Waals surface area contributed by atoms with E-state index >= 15 is 0 Å². The van der Waals surface area contributed by atoms with Gasteiger partial charge in [-0.15, -0.1) is 11.3 Å². The molecular formula is C17H18S. The lowest BCUT2D eigenvalue weighted by molar-refractivity contribution is 0.413. The van der Waals surface area contributed by atoms with E-state index in [1.54, 1.807) is 0 Å². The molecular weight excluding hydrogens is 236 g/mol. The summed E-state index contributed by atoms with van der Waals surface area (Å²) in [7, 11) is 0. The Bertz CT molecular complexity index is 698. The van der Waals surface area contributed by atoms with Crippen LogP contribution in [0.5, 0.6) is 0 Å². The Labute approximate surface area is 112 Å². The second kappa shape index (κ2) is 4.10. The molecule has 0 saturated heterocycles. The predicted molar refractivity (Wildman–Crippen MR) is 82.5 cm³/mol. The van der Waals surface area contributed by atoms with Gasteiger partial charge in [0, 0.05) is 20.2 Å². The molecule has 3 rings (SSSR count). The lowest BCUT2D eigenvalue weighted by atomic mass is 9.88. The van der Waals surface area contributed by atoms with Crippen molar-refractivity contribution in [3.63, 3.8) is 0 Å². The minimum atomic E-state index is 0.338. The zero-order chi connectivity index (χ0) is 12.8. The molecule has 1 heteroatoms. The van der Waals surface area contributed by atoms with Crippen LogP contribution < -0.4 is 0 Å². The van der Waals surface area contributed by atoms with Crippen LogP contribution in [-0.2, 0) is 6.42 Å². The van der Waals surface area contributed by atoms with E-state index in [1.807, 2.05) is 11.3 Å². The normalized spacial score (nSPS) is 12.4. The number of rotatable bonds is 1. The van der Waals surface area contributed by atoms with Gasteiger partial charge in [-0.05, 0) is 23.5 Å². The van der Waals surface area contributed by atoms with E-state index < -0.39 is 0 Å². The summed E-state index contributed by atoms with van der Waals surface area (Å²) < 4.78 is 2.86. The second-order valence-corrected chi connectivity index (χ2v) is 7.18. The van der Waals surface area contributed by atoms with Crippen LogP contribution in [0, 0.1) is 5.41 Å². The molecule has 2 aromatic carbocycles. The molecule has 0 bridgehead atoms. The summed E-state index contributed by atoms with van der Waals surface area (Å²) in [6.07, 6.45) is 1.14. The monoisotopic (exact) mass is 254 g/mol. The van der Waals surface area contributed by atoms with Gasteiger partial charge in [0.05, 0.1) is 0 Å². The minimum Gasteiger partial charge on any atom is -0.135 e. The maximum absolute atomic E-state index is 2.30. The zero-order valence-electron chi connectivity index (χ0n) is 11.2. The van der Waals surface area contributed by atoms with Crippen molar-refractivity contribution >= 4 is 31.5 Å². The first-order chi connectivity index (χ1) is 8.54. The molecule has 1 aromatic heterocycles. The summed E-state index contributed by atoms with van der Waals surface area (Å²) in [4.78, 5) is 0. The molecule has 0 fully saturated rings. The lowest BCUT2D eigenvalue weighted by Gasteiger charge is -2.18. The topological polar surface area (TPSA) is 0 Å². The SMILES string of the molecule is CC(C)(C)Cc1cccc2c1sc1ccccc12. The highest BCUT2D eigenvalue weighted by molar-refractivity contribution is 7.26. The highest BCUT2D eigenvalue weighted by atomic mass is 32.1. The maximum Gasteiger partial charge on any atom is 0.0387 e. The van der Waals surface area contributed by atoms with Crippen molar-refractivity contribution in [2.24, 2.45) is 5.41 Å². The standard InChI is InChI=1S/C17H18S/c1-17(2,3)11-12-7-6-9-14-13-8-4-5-10-15(13)18-16(12)14/h4-10H,11H2,1-3H3. The molecule has 0 aliphatic carbocycles. The number of thiophene rings is 1. The van der Waals surface area contributed by atoms with Crippen LogP contribution in [0.25, 0.3) is 20.2 Å². The minimum absolute atomic E-state index is 0.338. The summed E-state index contributed by atoms with van der Waals surface area (Å²) in [5.41, 5.74) is 1.82. The van der Waals surface area contributed by atoms with Gasteiger partial charge in [0.2, 0.25) is 0 Å².